The van der Waals surface area contributed by atoms with Gasteiger partial charge in [-0.05, 0) is 25.3 Å². The number of nitrogens with zero attached hydrogens (tertiary/aromatic N) is 1. The third-order valence-electron chi connectivity index (χ3n) is 2.74. The molecule has 1 aromatic carbocycles. The third-order valence-corrected chi connectivity index (χ3v) is 2.74. The Bertz CT molecular complexity index is 416. The molecule has 5 heteroatoms. The van der Waals surface area contributed by atoms with Gasteiger partial charge in [0.1, 0.15) is 5.75 Å². The first-order valence-corrected chi connectivity index (χ1v) is 4.78. The molecule has 0 amide bonds. The van der Waals surface area contributed by atoms with Gasteiger partial charge in [0.2, 0.25) is 0 Å². The Morgan fingerprint density at radius 2 is 2.20 bits per heavy atom. The van der Waals surface area contributed by atoms with Crippen molar-refractivity contribution in [3.63, 3.8) is 0 Å². The van der Waals surface area contributed by atoms with Gasteiger partial charge in [0.05, 0.1) is 16.6 Å². The first kappa shape index (κ1) is 9.92. The molecule has 1 unspecified atom stereocenters. The normalized spacial score (nSPS) is 19.7. The molecule has 0 saturated carbocycles. The number of nitro benzene ring substituents is 1. The lowest BCUT2D eigenvalue weighted by molar-refractivity contribution is -0.386. The molecule has 0 heterocycles. The summed E-state index contributed by atoms with van der Waals surface area (Å²) in [6.07, 6.45) is 1.00. The Kier molecular flexibility index (Phi) is 2.32. The van der Waals surface area contributed by atoms with Crippen molar-refractivity contribution < 1.29 is 15.1 Å². The molecule has 5 nitrogen and oxygen atoms in total. The molecule has 1 aliphatic carbocycles. The summed E-state index contributed by atoms with van der Waals surface area (Å²) >= 11 is 0. The fourth-order valence-corrected chi connectivity index (χ4v) is 2.05. The summed E-state index contributed by atoms with van der Waals surface area (Å²) in [7, 11) is 0. The van der Waals surface area contributed by atoms with Crippen molar-refractivity contribution >= 4 is 5.69 Å². The summed E-state index contributed by atoms with van der Waals surface area (Å²) in [5.74, 6) is 0.0364. The van der Waals surface area contributed by atoms with Crippen LogP contribution in [0.15, 0.2) is 12.1 Å². The molecule has 0 aliphatic heterocycles. The Balaban J connectivity index is 2.65. The molecule has 2 rings (SSSR count). The number of phenolic OH excluding ortho intramolecular Hbond substituents is 1. The van der Waals surface area contributed by atoms with Crippen molar-refractivity contribution in [1.29, 1.82) is 0 Å². The molecule has 2 N–H and O–H groups in total. The predicted octanol–water partition coefficient (Wildman–Crippen LogP) is 1.67. The van der Waals surface area contributed by atoms with E-state index < -0.39 is 11.0 Å². The van der Waals surface area contributed by atoms with Gasteiger partial charge >= 0.3 is 0 Å². The van der Waals surface area contributed by atoms with Crippen molar-refractivity contribution in [3.8, 4) is 5.75 Å². The van der Waals surface area contributed by atoms with Crippen molar-refractivity contribution in [2.45, 2.75) is 25.4 Å². The second-order valence-electron chi connectivity index (χ2n) is 3.66. The van der Waals surface area contributed by atoms with E-state index in [0.717, 1.165) is 6.42 Å². The maximum atomic E-state index is 10.7. The van der Waals surface area contributed by atoms with E-state index in [9.17, 15) is 20.3 Å². The van der Waals surface area contributed by atoms with Crippen LogP contribution in [0, 0.1) is 10.1 Å². The van der Waals surface area contributed by atoms with Gasteiger partial charge in [0, 0.05) is 11.6 Å². The molecular formula is C10H11NO4. The highest BCUT2D eigenvalue weighted by atomic mass is 16.6. The summed E-state index contributed by atoms with van der Waals surface area (Å²) < 4.78 is 0. The molecule has 0 saturated heterocycles. The van der Waals surface area contributed by atoms with Crippen LogP contribution in [0.25, 0.3) is 0 Å². The smallest absolute Gasteiger partial charge is 0.275 e. The maximum Gasteiger partial charge on any atom is 0.275 e. The Labute approximate surface area is 86.1 Å². The number of nitro groups is 1. The largest absolute Gasteiger partial charge is 0.508 e. The van der Waals surface area contributed by atoms with E-state index in [1.807, 2.05) is 0 Å². The fraction of sp³-hybridized carbons (Fsp3) is 0.400. The number of aliphatic hydroxyl groups is 1. The molecule has 80 valence electrons. The number of aromatic hydroxyl groups is 1. The zero-order chi connectivity index (χ0) is 11.0. The number of fused-ring (bicyclic) bond motifs is 1. The molecular weight excluding hydrogens is 198 g/mol. The van der Waals surface area contributed by atoms with Crippen molar-refractivity contribution in [2.24, 2.45) is 0 Å². The van der Waals surface area contributed by atoms with Gasteiger partial charge in [0.25, 0.3) is 5.69 Å². The summed E-state index contributed by atoms with van der Waals surface area (Å²) in [5, 5.41) is 30.0. The van der Waals surface area contributed by atoms with Crippen molar-refractivity contribution in [2.75, 3.05) is 0 Å². The van der Waals surface area contributed by atoms with E-state index in [2.05, 4.69) is 0 Å². The fourth-order valence-electron chi connectivity index (χ4n) is 2.05. The Hall–Kier alpha value is -1.62. The van der Waals surface area contributed by atoms with E-state index in [1.165, 1.54) is 12.1 Å². The van der Waals surface area contributed by atoms with E-state index in [1.54, 1.807) is 0 Å². The highest BCUT2D eigenvalue weighted by Gasteiger charge is 2.29. The number of hydrogen-bond acceptors (Lipinski definition) is 4. The first-order chi connectivity index (χ1) is 7.11. The number of benzene rings is 1. The zero-order valence-corrected chi connectivity index (χ0v) is 8.01. The average molecular weight is 209 g/mol. The molecule has 1 aliphatic rings. The SMILES string of the molecule is O=[N+]([O-])c1ccc(O)c2c1C(O)CCC2. The van der Waals surface area contributed by atoms with Gasteiger partial charge in [-0.15, -0.1) is 0 Å². The molecule has 0 fully saturated rings. The topological polar surface area (TPSA) is 83.6 Å². The Morgan fingerprint density at radius 1 is 1.47 bits per heavy atom. The van der Waals surface area contributed by atoms with Gasteiger partial charge in [-0.1, -0.05) is 0 Å². The molecule has 0 aromatic heterocycles. The first-order valence-electron chi connectivity index (χ1n) is 4.78. The molecule has 0 radical (unpaired) electrons. The van der Waals surface area contributed by atoms with Crippen LogP contribution in [0.5, 0.6) is 5.75 Å². The van der Waals surface area contributed by atoms with E-state index in [-0.39, 0.29) is 17.0 Å². The number of phenols is 1. The summed E-state index contributed by atoms with van der Waals surface area (Å²) in [6.45, 7) is 0. The van der Waals surface area contributed by atoms with Gasteiger partial charge in [0.15, 0.2) is 0 Å². The van der Waals surface area contributed by atoms with Gasteiger partial charge in [-0.3, -0.25) is 10.1 Å². The minimum atomic E-state index is -0.832. The van der Waals surface area contributed by atoms with Crippen molar-refractivity contribution in [1.82, 2.24) is 0 Å². The van der Waals surface area contributed by atoms with Crippen LogP contribution in [-0.2, 0) is 6.42 Å². The molecule has 1 atom stereocenters. The summed E-state index contributed by atoms with van der Waals surface area (Å²) in [6, 6.07) is 2.55. The van der Waals surface area contributed by atoms with Gasteiger partial charge in [-0.2, -0.15) is 0 Å². The van der Waals surface area contributed by atoms with Crippen LogP contribution in [0.3, 0.4) is 0 Å². The quantitative estimate of drug-likeness (QED) is 0.544. The number of aliphatic hydroxyl groups excluding tert-OH is 1. The van der Waals surface area contributed by atoms with E-state index in [0.29, 0.717) is 18.4 Å². The van der Waals surface area contributed by atoms with E-state index >= 15 is 0 Å². The van der Waals surface area contributed by atoms with Crippen molar-refractivity contribution in [3.05, 3.63) is 33.4 Å². The highest BCUT2D eigenvalue weighted by Crippen LogP contribution is 2.40. The molecule has 1 aromatic rings. The minimum Gasteiger partial charge on any atom is -0.508 e. The van der Waals surface area contributed by atoms with E-state index in [4.69, 9.17) is 0 Å². The lowest BCUT2D eigenvalue weighted by Crippen LogP contribution is -2.12. The minimum absolute atomic E-state index is 0.0364. The third kappa shape index (κ3) is 1.55. The van der Waals surface area contributed by atoms with Gasteiger partial charge < -0.3 is 10.2 Å². The predicted molar refractivity (Wildman–Crippen MR) is 52.7 cm³/mol. The highest BCUT2D eigenvalue weighted by molar-refractivity contribution is 5.54. The standard InChI is InChI=1S/C10H11NO4/c12-8-5-4-7(11(14)15)10-6(8)2-1-3-9(10)13/h4-5,9,12-13H,1-3H2. The van der Waals surface area contributed by atoms with Gasteiger partial charge in [-0.25, -0.2) is 0 Å². The monoisotopic (exact) mass is 209 g/mol. The lowest BCUT2D eigenvalue weighted by atomic mass is 9.87. The summed E-state index contributed by atoms with van der Waals surface area (Å²) in [4.78, 5) is 10.2. The maximum absolute atomic E-state index is 10.7. The number of rotatable bonds is 1. The number of hydrogen-bond donors (Lipinski definition) is 2. The second-order valence-corrected chi connectivity index (χ2v) is 3.66. The van der Waals surface area contributed by atoms with Crippen LogP contribution in [-0.4, -0.2) is 15.1 Å². The molecule has 0 bridgehead atoms. The molecule has 0 spiro atoms. The Morgan fingerprint density at radius 3 is 2.87 bits per heavy atom. The summed E-state index contributed by atoms with van der Waals surface area (Å²) in [5.41, 5.74) is 0.698. The van der Waals surface area contributed by atoms with Crippen LogP contribution in [0.4, 0.5) is 5.69 Å². The average Bonchev–Trinajstić information content (AvgIpc) is 2.19. The van der Waals surface area contributed by atoms with Crippen LogP contribution in [0.1, 0.15) is 30.1 Å². The molecule has 15 heavy (non-hydrogen) atoms. The van der Waals surface area contributed by atoms with Crippen LogP contribution in [0.2, 0.25) is 0 Å². The lowest BCUT2D eigenvalue weighted by Gasteiger charge is -2.21. The van der Waals surface area contributed by atoms with Crippen LogP contribution < -0.4 is 0 Å². The zero-order valence-electron chi connectivity index (χ0n) is 8.01. The van der Waals surface area contributed by atoms with Crippen LogP contribution >= 0.6 is 0 Å². The second kappa shape index (κ2) is 3.51.